The molecule has 0 bridgehead atoms. The zero-order valence-electron chi connectivity index (χ0n) is 12.3. The maximum absolute atomic E-state index is 11.9. The summed E-state index contributed by atoms with van der Waals surface area (Å²) in [5, 5.41) is 11.0. The van der Waals surface area contributed by atoms with E-state index >= 15 is 0 Å². The summed E-state index contributed by atoms with van der Waals surface area (Å²) >= 11 is 0. The van der Waals surface area contributed by atoms with E-state index in [-0.39, 0.29) is 23.4 Å². The van der Waals surface area contributed by atoms with E-state index in [9.17, 15) is 19.7 Å². The van der Waals surface area contributed by atoms with Crippen molar-refractivity contribution in [2.24, 2.45) is 0 Å². The molecule has 0 amide bonds. The molecule has 0 fully saturated rings. The van der Waals surface area contributed by atoms with Crippen molar-refractivity contribution in [1.82, 2.24) is 0 Å². The lowest BCUT2D eigenvalue weighted by Crippen LogP contribution is -2.24. The van der Waals surface area contributed by atoms with Gasteiger partial charge < -0.3 is 9.47 Å². The Hall–Kier alpha value is -2.44. The molecule has 0 aliphatic carbocycles. The number of carbonyl (C=O) groups is 2. The van der Waals surface area contributed by atoms with Crippen LogP contribution in [-0.2, 0) is 20.9 Å². The number of nitrogens with zero attached hydrogens (tertiary/aromatic N) is 1. The molecular weight excluding hydrogens is 278 g/mol. The van der Waals surface area contributed by atoms with E-state index in [0.29, 0.717) is 0 Å². The maximum Gasteiger partial charge on any atom is 0.338 e. The zero-order chi connectivity index (χ0) is 16.2. The van der Waals surface area contributed by atoms with Gasteiger partial charge in [-0.25, -0.2) is 4.79 Å². The molecule has 0 aliphatic rings. The number of nitro benzene ring substituents is 1. The second-order valence-corrected chi connectivity index (χ2v) is 5.38. The van der Waals surface area contributed by atoms with Crippen LogP contribution < -0.4 is 0 Å². The molecule has 0 unspecified atom stereocenters. The third kappa shape index (κ3) is 5.21. The summed E-state index contributed by atoms with van der Waals surface area (Å²) in [6.07, 6.45) is 0. The number of hydrogen-bond donors (Lipinski definition) is 0. The van der Waals surface area contributed by atoms with Crippen LogP contribution >= 0.6 is 0 Å². The van der Waals surface area contributed by atoms with Crippen LogP contribution in [0.2, 0.25) is 0 Å². The predicted molar refractivity (Wildman–Crippen MR) is 73.7 cm³/mol. The number of ether oxygens (including phenoxy) is 2. The van der Waals surface area contributed by atoms with Crippen molar-refractivity contribution in [3.63, 3.8) is 0 Å². The van der Waals surface area contributed by atoms with Crippen LogP contribution in [0, 0.1) is 10.1 Å². The first kappa shape index (κ1) is 16.6. The molecule has 0 radical (unpaired) electrons. The van der Waals surface area contributed by atoms with Crippen LogP contribution in [0.3, 0.4) is 0 Å². The molecule has 0 atom stereocenters. The summed E-state index contributed by atoms with van der Waals surface area (Å²) in [4.78, 5) is 33.1. The largest absolute Gasteiger partial charge is 0.461 e. The molecule has 1 aromatic carbocycles. The average Bonchev–Trinajstić information content (AvgIpc) is 2.33. The van der Waals surface area contributed by atoms with E-state index in [1.807, 2.05) is 0 Å². The summed E-state index contributed by atoms with van der Waals surface area (Å²) in [7, 11) is 0. The van der Waals surface area contributed by atoms with Crippen LogP contribution in [0.4, 0.5) is 5.69 Å². The Morgan fingerprint density at radius 1 is 1.29 bits per heavy atom. The minimum atomic E-state index is -0.692. The van der Waals surface area contributed by atoms with E-state index in [2.05, 4.69) is 0 Å². The average molecular weight is 295 g/mol. The van der Waals surface area contributed by atoms with Crippen LogP contribution in [0.5, 0.6) is 0 Å². The van der Waals surface area contributed by atoms with Gasteiger partial charge in [-0.3, -0.25) is 14.9 Å². The predicted octanol–water partition coefficient (Wildman–Crippen LogP) is 2.61. The highest BCUT2D eigenvalue weighted by molar-refractivity contribution is 5.90. The van der Waals surface area contributed by atoms with Crippen molar-refractivity contribution in [3.8, 4) is 0 Å². The lowest BCUT2D eigenvalue weighted by atomic mass is 10.1. The fraction of sp³-hybridized carbons (Fsp3) is 0.429. The number of hydrogen-bond acceptors (Lipinski definition) is 6. The Kier molecular flexibility index (Phi) is 5.02. The molecule has 7 heteroatoms. The lowest BCUT2D eigenvalue weighted by molar-refractivity contribution is -0.385. The lowest BCUT2D eigenvalue weighted by Gasteiger charge is -2.19. The van der Waals surface area contributed by atoms with Crippen molar-refractivity contribution in [3.05, 3.63) is 39.4 Å². The number of nitro groups is 1. The molecule has 0 saturated heterocycles. The molecule has 0 saturated carbocycles. The molecule has 1 rings (SSSR count). The summed E-state index contributed by atoms with van der Waals surface area (Å²) < 4.78 is 9.89. The van der Waals surface area contributed by atoms with Crippen molar-refractivity contribution in [2.75, 3.05) is 0 Å². The van der Waals surface area contributed by atoms with Gasteiger partial charge in [0.15, 0.2) is 0 Å². The third-order valence-electron chi connectivity index (χ3n) is 2.35. The molecular formula is C14H17NO6. The minimum Gasteiger partial charge on any atom is -0.461 e. The third-order valence-corrected chi connectivity index (χ3v) is 2.35. The van der Waals surface area contributed by atoms with Gasteiger partial charge >= 0.3 is 11.9 Å². The quantitative estimate of drug-likeness (QED) is 0.481. The van der Waals surface area contributed by atoms with Gasteiger partial charge in [0.05, 0.1) is 16.1 Å². The normalized spacial score (nSPS) is 10.9. The van der Waals surface area contributed by atoms with E-state index in [1.165, 1.54) is 19.1 Å². The van der Waals surface area contributed by atoms with E-state index < -0.39 is 22.5 Å². The number of rotatable bonds is 4. The number of carbonyl (C=O) groups excluding carboxylic acids is 2. The minimum absolute atomic E-state index is 0.0724. The summed E-state index contributed by atoms with van der Waals surface area (Å²) in [6.45, 7) is 6.10. The van der Waals surface area contributed by atoms with Gasteiger partial charge in [-0.15, -0.1) is 0 Å². The second-order valence-electron chi connectivity index (χ2n) is 5.38. The van der Waals surface area contributed by atoms with Gasteiger partial charge in [-0.2, -0.15) is 0 Å². The van der Waals surface area contributed by atoms with E-state index in [4.69, 9.17) is 9.47 Å². The Morgan fingerprint density at radius 2 is 1.90 bits per heavy atom. The van der Waals surface area contributed by atoms with Crippen LogP contribution in [0.25, 0.3) is 0 Å². The highest BCUT2D eigenvalue weighted by Gasteiger charge is 2.22. The Labute approximate surface area is 122 Å². The maximum atomic E-state index is 11.9. The van der Waals surface area contributed by atoms with Crippen LogP contribution in [0.15, 0.2) is 18.2 Å². The fourth-order valence-electron chi connectivity index (χ4n) is 1.50. The Morgan fingerprint density at radius 3 is 2.38 bits per heavy atom. The van der Waals surface area contributed by atoms with Gasteiger partial charge in [-0.05, 0) is 32.9 Å². The van der Waals surface area contributed by atoms with Gasteiger partial charge in [0.2, 0.25) is 0 Å². The number of benzene rings is 1. The Bertz CT molecular complexity index is 573. The van der Waals surface area contributed by atoms with Crippen molar-refractivity contribution in [2.45, 2.75) is 39.9 Å². The Balaban J connectivity index is 3.05. The smallest absolute Gasteiger partial charge is 0.338 e. The fourth-order valence-corrected chi connectivity index (χ4v) is 1.50. The molecule has 114 valence electrons. The molecule has 0 spiro atoms. The molecule has 0 aliphatic heterocycles. The molecule has 0 aromatic heterocycles. The standard InChI is InChI=1S/C14H17NO6/c1-9(16)20-8-11-6-5-10(7-12(11)15(18)19)13(17)21-14(2,3)4/h5-7H,8H2,1-4H3. The topological polar surface area (TPSA) is 95.7 Å². The summed E-state index contributed by atoms with van der Waals surface area (Å²) in [5.41, 5.74) is -0.701. The van der Waals surface area contributed by atoms with Gasteiger partial charge in [0, 0.05) is 13.0 Å². The van der Waals surface area contributed by atoms with Gasteiger partial charge in [0.1, 0.15) is 12.2 Å². The zero-order valence-corrected chi connectivity index (χ0v) is 12.3. The molecule has 7 nitrogen and oxygen atoms in total. The number of esters is 2. The SMILES string of the molecule is CC(=O)OCc1ccc(C(=O)OC(C)(C)C)cc1[N+](=O)[O-]. The van der Waals surface area contributed by atoms with Crippen molar-refractivity contribution >= 4 is 17.6 Å². The van der Waals surface area contributed by atoms with Crippen molar-refractivity contribution < 1.29 is 24.0 Å². The van der Waals surface area contributed by atoms with Crippen molar-refractivity contribution in [1.29, 1.82) is 0 Å². The van der Waals surface area contributed by atoms with Gasteiger partial charge in [-0.1, -0.05) is 0 Å². The van der Waals surface area contributed by atoms with E-state index in [1.54, 1.807) is 20.8 Å². The van der Waals surface area contributed by atoms with Gasteiger partial charge in [0.25, 0.3) is 5.69 Å². The monoisotopic (exact) mass is 295 g/mol. The highest BCUT2D eigenvalue weighted by Crippen LogP contribution is 2.23. The first-order valence-corrected chi connectivity index (χ1v) is 6.24. The van der Waals surface area contributed by atoms with Crippen LogP contribution in [0.1, 0.15) is 43.6 Å². The molecule has 0 N–H and O–H groups in total. The molecule has 0 heterocycles. The molecule has 1 aromatic rings. The first-order chi connectivity index (χ1) is 9.60. The second kappa shape index (κ2) is 6.34. The highest BCUT2D eigenvalue weighted by atomic mass is 16.6. The van der Waals surface area contributed by atoms with Crippen LogP contribution in [-0.4, -0.2) is 22.5 Å². The summed E-state index contributed by atoms with van der Waals surface area (Å²) in [6, 6.07) is 3.90. The molecule has 21 heavy (non-hydrogen) atoms. The first-order valence-electron chi connectivity index (χ1n) is 6.24. The van der Waals surface area contributed by atoms with E-state index in [0.717, 1.165) is 6.07 Å². The summed E-state index contributed by atoms with van der Waals surface area (Å²) in [5.74, 6) is -1.19.